The van der Waals surface area contributed by atoms with Crippen molar-refractivity contribution in [2.75, 3.05) is 25.0 Å². The van der Waals surface area contributed by atoms with Crippen molar-refractivity contribution in [2.24, 2.45) is 5.92 Å². The van der Waals surface area contributed by atoms with Gasteiger partial charge in [-0.05, 0) is 49.4 Å². The van der Waals surface area contributed by atoms with Crippen molar-refractivity contribution in [3.63, 3.8) is 0 Å². The molecule has 3 nitrogen and oxygen atoms in total. The molecule has 0 unspecified atom stereocenters. The van der Waals surface area contributed by atoms with Crippen molar-refractivity contribution < 1.29 is 0 Å². The average Bonchev–Trinajstić information content (AvgIpc) is 2.47. The van der Waals surface area contributed by atoms with Gasteiger partial charge in [-0.3, -0.25) is 0 Å². The molecule has 0 bridgehead atoms. The topological polar surface area (TPSA) is 28.2 Å². The molecule has 1 aromatic heterocycles. The van der Waals surface area contributed by atoms with Crippen LogP contribution in [0.15, 0.2) is 12.1 Å². The number of hydrogen-bond donors (Lipinski definition) is 1. The van der Waals surface area contributed by atoms with Crippen LogP contribution in [0.2, 0.25) is 0 Å². The summed E-state index contributed by atoms with van der Waals surface area (Å²) in [7, 11) is 2.00. The SMILES string of the molecule is CCC1CCN(c2cc(CNC)cc(C(C)C)n2)CC1. The maximum atomic E-state index is 4.89. The lowest BCUT2D eigenvalue weighted by Crippen LogP contribution is -2.34. The van der Waals surface area contributed by atoms with E-state index in [1.165, 1.54) is 36.3 Å². The number of anilines is 1. The molecule has 0 radical (unpaired) electrons. The Hall–Kier alpha value is -1.09. The summed E-state index contributed by atoms with van der Waals surface area (Å²) in [6.07, 6.45) is 3.94. The largest absolute Gasteiger partial charge is 0.357 e. The molecule has 1 aromatic rings. The van der Waals surface area contributed by atoms with E-state index in [-0.39, 0.29) is 0 Å². The third-order valence-corrected chi connectivity index (χ3v) is 4.38. The highest BCUT2D eigenvalue weighted by Gasteiger charge is 2.19. The Kier molecular flexibility index (Phi) is 5.41. The summed E-state index contributed by atoms with van der Waals surface area (Å²) in [5.41, 5.74) is 2.56. The minimum atomic E-state index is 0.485. The second-order valence-corrected chi connectivity index (χ2v) is 6.28. The Morgan fingerprint density at radius 2 is 2.00 bits per heavy atom. The summed E-state index contributed by atoms with van der Waals surface area (Å²) in [5.74, 6) is 2.58. The van der Waals surface area contributed by atoms with Crippen molar-refractivity contribution in [3.8, 4) is 0 Å². The summed E-state index contributed by atoms with van der Waals surface area (Å²) in [5, 5.41) is 3.25. The van der Waals surface area contributed by atoms with Crippen LogP contribution in [0.5, 0.6) is 0 Å². The molecule has 1 saturated heterocycles. The van der Waals surface area contributed by atoms with Crippen molar-refractivity contribution in [3.05, 3.63) is 23.4 Å². The van der Waals surface area contributed by atoms with E-state index in [4.69, 9.17) is 4.98 Å². The predicted octanol–water partition coefficient (Wildman–Crippen LogP) is 3.55. The van der Waals surface area contributed by atoms with Gasteiger partial charge in [-0.1, -0.05) is 27.2 Å². The van der Waals surface area contributed by atoms with Crippen molar-refractivity contribution in [2.45, 2.75) is 52.5 Å². The summed E-state index contributed by atoms with van der Waals surface area (Å²) in [6, 6.07) is 4.50. The van der Waals surface area contributed by atoms with Gasteiger partial charge in [-0.25, -0.2) is 4.98 Å². The standard InChI is InChI=1S/C17H29N3/c1-5-14-6-8-20(9-7-14)17-11-15(12-18-4)10-16(19-17)13(2)3/h10-11,13-14,18H,5-9,12H2,1-4H3. The molecule has 1 aliphatic heterocycles. The fraction of sp³-hybridized carbons (Fsp3) is 0.706. The Morgan fingerprint density at radius 3 is 2.55 bits per heavy atom. The number of nitrogens with one attached hydrogen (secondary N) is 1. The average molecular weight is 275 g/mol. The van der Waals surface area contributed by atoms with Gasteiger partial charge >= 0.3 is 0 Å². The molecule has 0 spiro atoms. The van der Waals surface area contributed by atoms with E-state index in [9.17, 15) is 0 Å². The highest BCUT2D eigenvalue weighted by Crippen LogP contribution is 2.26. The van der Waals surface area contributed by atoms with Crippen LogP contribution in [0.3, 0.4) is 0 Å². The fourth-order valence-corrected chi connectivity index (χ4v) is 2.93. The van der Waals surface area contributed by atoms with Gasteiger partial charge in [-0.2, -0.15) is 0 Å². The molecule has 0 saturated carbocycles. The molecule has 0 aromatic carbocycles. The molecule has 20 heavy (non-hydrogen) atoms. The highest BCUT2D eigenvalue weighted by molar-refractivity contribution is 5.43. The zero-order valence-electron chi connectivity index (χ0n) is 13.4. The molecular formula is C17H29N3. The van der Waals surface area contributed by atoms with Crippen molar-refractivity contribution in [1.82, 2.24) is 10.3 Å². The molecule has 2 rings (SSSR count). The maximum absolute atomic E-state index is 4.89. The maximum Gasteiger partial charge on any atom is 0.129 e. The molecule has 3 heteroatoms. The summed E-state index contributed by atoms with van der Waals surface area (Å²) >= 11 is 0. The van der Waals surface area contributed by atoms with Crippen LogP contribution in [0.1, 0.15) is 57.2 Å². The smallest absolute Gasteiger partial charge is 0.129 e. The second kappa shape index (κ2) is 7.07. The third-order valence-electron chi connectivity index (χ3n) is 4.38. The van der Waals surface area contributed by atoms with Crippen molar-refractivity contribution >= 4 is 5.82 Å². The van der Waals surface area contributed by atoms with E-state index in [1.807, 2.05) is 7.05 Å². The summed E-state index contributed by atoms with van der Waals surface area (Å²) < 4.78 is 0. The lowest BCUT2D eigenvalue weighted by atomic mass is 9.94. The molecule has 0 amide bonds. The van der Waals surface area contributed by atoms with E-state index in [1.54, 1.807) is 0 Å². The number of pyridine rings is 1. The number of aromatic nitrogens is 1. The van der Waals surface area contributed by atoms with Gasteiger partial charge in [0.1, 0.15) is 5.82 Å². The molecule has 1 N–H and O–H groups in total. The van der Waals surface area contributed by atoms with E-state index < -0.39 is 0 Å². The van der Waals surface area contributed by atoms with Crippen LogP contribution in [0, 0.1) is 5.92 Å². The zero-order chi connectivity index (χ0) is 14.5. The number of hydrogen-bond acceptors (Lipinski definition) is 3. The minimum Gasteiger partial charge on any atom is -0.357 e. The van der Waals surface area contributed by atoms with E-state index in [0.717, 1.165) is 25.6 Å². The first-order chi connectivity index (χ1) is 9.63. The van der Waals surface area contributed by atoms with Crippen LogP contribution in [0.25, 0.3) is 0 Å². The van der Waals surface area contributed by atoms with Gasteiger partial charge in [-0.15, -0.1) is 0 Å². The summed E-state index contributed by atoms with van der Waals surface area (Å²) in [6.45, 7) is 9.99. The monoisotopic (exact) mass is 275 g/mol. The first kappa shape index (κ1) is 15.3. The van der Waals surface area contributed by atoms with Crippen LogP contribution >= 0.6 is 0 Å². The first-order valence-corrected chi connectivity index (χ1v) is 8.04. The Labute approximate surface area is 123 Å². The van der Waals surface area contributed by atoms with Gasteiger partial charge < -0.3 is 10.2 Å². The Balaban J connectivity index is 2.17. The van der Waals surface area contributed by atoms with E-state index >= 15 is 0 Å². The Morgan fingerprint density at radius 1 is 1.30 bits per heavy atom. The second-order valence-electron chi connectivity index (χ2n) is 6.28. The minimum absolute atomic E-state index is 0.485. The van der Waals surface area contributed by atoms with Crippen LogP contribution in [-0.4, -0.2) is 25.1 Å². The van der Waals surface area contributed by atoms with Crippen LogP contribution in [0.4, 0.5) is 5.82 Å². The summed E-state index contributed by atoms with van der Waals surface area (Å²) in [4.78, 5) is 7.36. The number of piperidine rings is 1. The zero-order valence-corrected chi connectivity index (χ0v) is 13.4. The molecule has 0 aliphatic carbocycles. The number of nitrogens with zero attached hydrogens (tertiary/aromatic N) is 2. The fourth-order valence-electron chi connectivity index (χ4n) is 2.93. The van der Waals surface area contributed by atoms with Crippen molar-refractivity contribution in [1.29, 1.82) is 0 Å². The lowest BCUT2D eigenvalue weighted by Gasteiger charge is -2.33. The Bertz CT molecular complexity index is 420. The first-order valence-electron chi connectivity index (χ1n) is 8.04. The van der Waals surface area contributed by atoms with Gasteiger partial charge in [0.2, 0.25) is 0 Å². The molecule has 112 valence electrons. The van der Waals surface area contributed by atoms with Gasteiger partial charge in [0.15, 0.2) is 0 Å². The van der Waals surface area contributed by atoms with Crippen LogP contribution in [-0.2, 0) is 6.54 Å². The molecule has 0 atom stereocenters. The number of rotatable bonds is 5. The van der Waals surface area contributed by atoms with E-state index in [0.29, 0.717) is 5.92 Å². The van der Waals surface area contributed by atoms with E-state index in [2.05, 4.69) is 43.1 Å². The third kappa shape index (κ3) is 3.72. The predicted molar refractivity (Wildman–Crippen MR) is 86.3 cm³/mol. The van der Waals surface area contributed by atoms with Gasteiger partial charge in [0.25, 0.3) is 0 Å². The van der Waals surface area contributed by atoms with Gasteiger partial charge in [0, 0.05) is 25.3 Å². The van der Waals surface area contributed by atoms with Gasteiger partial charge in [0.05, 0.1) is 0 Å². The highest BCUT2D eigenvalue weighted by atomic mass is 15.2. The molecule has 1 fully saturated rings. The normalized spacial score (nSPS) is 16.9. The quantitative estimate of drug-likeness (QED) is 0.890. The molecule has 2 heterocycles. The van der Waals surface area contributed by atoms with Crippen LogP contribution < -0.4 is 10.2 Å². The molecular weight excluding hydrogens is 246 g/mol. The lowest BCUT2D eigenvalue weighted by molar-refractivity contribution is 0.393. The molecule has 1 aliphatic rings.